The fourth-order valence-electron chi connectivity index (χ4n) is 1.89. The quantitative estimate of drug-likeness (QED) is 0.663. The molecule has 72 valence electrons. The second kappa shape index (κ2) is 2.92. The molecule has 0 bridgehead atoms. The predicted molar refractivity (Wildman–Crippen MR) is 56.0 cm³/mol. The third-order valence-electron chi connectivity index (χ3n) is 2.54. The molecule has 0 fully saturated rings. The number of aromatic nitrogens is 2. The highest BCUT2D eigenvalue weighted by molar-refractivity contribution is 7.20. The van der Waals surface area contributed by atoms with Crippen molar-refractivity contribution in [2.24, 2.45) is 0 Å². The second-order valence-electron chi connectivity index (χ2n) is 3.46. The summed E-state index contributed by atoms with van der Waals surface area (Å²) in [4.78, 5) is 9.56. The van der Waals surface area contributed by atoms with Gasteiger partial charge in [0.2, 0.25) is 0 Å². The van der Waals surface area contributed by atoms with Gasteiger partial charge in [-0.25, -0.2) is 9.97 Å². The normalized spacial score (nSPS) is 15.2. The summed E-state index contributed by atoms with van der Waals surface area (Å²) in [5, 5.41) is 2.27. The molecule has 14 heavy (non-hydrogen) atoms. The third-order valence-corrected chi connectivity index (χ3v) is 3.60. The molecule has 1 aliphatic heterocycles. The van der Waals surface area contributed by atoms with Crippen molar-refractivity contribution in [3.05, 3.63) is 17.6 Å². The molecule has 1 aliphatic rings. The number of hydrogen-bond acceptors (Lipinski definition) is 4. The van der Waals surface area contributed by atoms with Gasteiger partial charge in [-0.1, -0.05) is 11.3 Å². The number of ether oxygens (including phenoxy) is 1. The van der Waals surface area contributed by atoms with E-state index in [1.807, 2.05) is 6.92 Å². The molecule has 0 saturated carbocycles. The Kier molecular flexibility index (Phi) is 1.70. The first kappa shape index (κ1) is 8.17. The van der Waals surface area contributed by atoms with Crippen LogP contribution >= 0.6 is 11.3 Å². The van der Waals surface area contributed by atoms with Crippen LogP contribution < -0.4 is 4.74 Å². The van der Waals surface area contributed by atoms with Gasteiger partial charge in [-0.15, -0.1) is 0 Å². The molecule has 0 spiro atoms. The number of nitrogens with zero attached hydrogens (tertiary/aromatic N) is 2. The van der Waals surface area contributed by atoms with Crippen molar-refractivity contribution in [3.8, 4) is 5.06 Å². The Hall–Kier alpha value is -1.16. The number of aryl methyl sites for hydroxylation is 2. The second-order valence-corrected chi connectivity index (χ2v) is 4.42. The molecule has 3 nitrogen and oxygen atoms in total. The summed E-state index contributed by atoms with van der Waals surface area (Å²) in [7, 11) is 0. The highest BCUT2D eigenvalue weighted by Gasteiger charge is 2.19. The van der Waals surface area contributed by atoms with E-state index in [2.05, 4.69) is 9.97 Å². The predicted octanol–water partition coefficient (Wildman–Crippen LogP) is 2.32. The van der Waals surface area contributed by atoms with E-state index in [0.717, 1.165) is 35.0 Å². The zero-order valence-electron chi connectivity index (χ0n) is 7.91. The number of fused-ring (bicyclic) bond motifs is 3. The van der Waals surface area contributed by atoms with Crippen LogP contribution in [-0.4, -0.2) is 16.6 Å². The molecule has 3 rings (SSSR count). The lowest BCUT2D eigenvalue weighted by atomic mass is 10.1. The van der Waals surface area contributed by atoms with E-state index in [1.165, 1.54) is 10.9 Å². The van der Waals surface area contributed by atoms with Crippen LogP contribution in [0.5, 0.6) is 5.06 Å². The Morgan fingerprint density at radius 3 is 3.29 bits per heavy atom. The van der Waals surface area contributed by atoms with Crippen LogP contribution in [0.25, 0.3) is 10.2 Å². The molecule has 0 amide bonds. The largest absolute Gasteiger partial charge is 0.484 e. The average molecular weight is 206 g/mol. The molecule has 2 aromatic rings. The SMILES string of the molecule is Cc1ncnc2sc3c(c12)CCCO3. The lowest BCUT2D eigenvalue weighted by molar-refractivity contribution is 0.299. The minimum absolute atomic E-state index is 0.840. The Balaban J connectivity index is 2.38. The molecule has 0 atom stereocenters. The molecule has 0 unspecified atom stereocenters. The lowest BCUT2D eigenvalue weighted by Gasteiger charge is -2.12. The topological polar surface area (TPSA) is 35.0 Å². The average Bonchev–Trinajstić information content (AvgIpc) is 2.57. The summed E-state index contributed by atoms with van der Waals surface area (Å²) in [5.74, 6) is 0. The zero-order chi connectivity index (χ0) is 9.54. The minimum atomic E-state index is 0.840. The Morgan fingerprint density at radius 1 is 1.43 bits per heavy atom. The molecule has 0 aromatic carbocycles. The number of thiophene rings is 1. The van der Waals surface area contributed by atoms with Gasteiger partial charge in [0.05, 0.1) is 6.61 Å². The van der Waals surface area contributed by atoms with Crippen LogP contribution in [0.15, 0.2) is 6.33 Å². The molecule has 0 radical (unpaired) electrons. The molecular formula is C10H10N2OS. The third kappa shape index (κ3) is 1.04. The van der Waals surface area contributed by atoms with Crippen molar-refractivity contribution in [2.45, 2.75) is 19.8 Å². The summed E-state index contributed by atoms with van der Waals surface area (Å²) in [5.41, 5.74) is 2.38. The fourth-order valence-corrected chi connectivity index (χ4v) is 3.00. The Labute approximate surface area is 85.8 Å². The van der Waals surface area contributed by atoms with Crippen molar-refractivity contribution in [3.63, 3.8) is 0 Å². The number of rotatable bonds is 0. The maximum atomic E-state index is 5.61. The van der Waals surface area contributed by atoms with E-state index < -0.39 is 0 Å². The van der Waals surface area contributed by atoms with Crippen LogP contribution in [-0.2, 0) is 6.42 Å². The van der Waals surface area contributed by atoms with Gasteiger partial charge in [-0.2, -0.15) is 0 Å². The van der Waals surface area contributed by atoms with Gasteiger partial charge in [0.25, 0.3) is 0 Å². The molecule has 2 aromatic heterocycles. The Bertz CT molecular complexity index is 492. The molecule has 0 N–H and O–H groups in total. The summed E-state index contributed by atoms with van der Waals surface area (Å²) in [6.45, 7) is 2.87. The van der Waals surface area contributed by atoms with E-state index in [0.29, 0.717) is 0 Å². The van der Waals surface area contributed by atoms with Gasteiger partial charge >= 0.3 is 0 Å². The maximum absolute atomic E-state index is 5.61. The van der Waals surface area contributed by atoms with Crippen molar-refractivity contribution in [1.82, 2.24) is 9.97 Å². The maximum Gasteiger partial charge on any atom is 0.179 e. The molecule has 3 heterocycles. The van der Waals surface area contributed by atoms with Gasteiger partial charge in [0, 0.05) is 16.6 Å². The van der Waals surface area contributed by atoms with E-state index in [9.17, 15) is 0 Å². The molecule has 4 heteroatoms. The first-order valence-electron chi connectivity index (χ1n) is 4.72. The standard InChI is InChI=1S/C10H10N2OS/c1-6-8-7-3-2-4-13-10(7)14-9(8)12-5-11-6/h5H,2-4H2,1H3. The van der Waals surface area contributed by atoms with Gasteiger partial charge in [-0.3, -0.25) is 0 Å². The van der Waals surface area contributed by atoms with Gasteiger partial charge < -0.3 is 4.74 Å². The van der Waals surface area contributed by atoms with Crippen LogP contribution in [0, 0.1) is 6.92 Å². The Morgan fingerprint density at radius 2 is 2.36 bits per heavy atom. The van der Waals surface area contributed by atoms with Crippen molar-refractivity contribution in [2.75, 3.05) is 6.61 Å². The van der Waals surface area contributed by atoms with Crippen molar-refractivity contribution in [1.29, 1.82) is 0 Å². The summed E-state index contributed by atoms with van der Waals surface area (Å²) in [6, 6.07) is 0. The van der Waals surface area contributed by atoms with Crippen molar-refractivity contribution < 1.29 is 4.74 Å². The smallest absolute Gasteiger partial charge is 0.179 e. The minimum Gasteiger partial charge on any atom is -0.484 e. The number of hydrogen-bond donors (Lipinski definition) is 0. The van der Waals surface area contributed by atoms with Gasteiger partial charge in [-0.05, 0) is 19.8 Å². The first-order chi connectivity index (χ1) is 6.86. The lowest BCUT2D eigenvalue weighted by Crippen LogP contribution is -2.05. The van der Waals surface area contributed by atoms with E-state index in [1.54, 1.807) is 17.7 Å². The molecule has 0 aliphatic carbocycles. The van der Waals surface area contributed by atoms with Crippen LogP contribution in [0.1, 0.15) is 17.7 Å². The zero-order valence-corrected chi connectivity index (χ0v) is 8.73. The summed E-state index contributed by atoms with van der Waals surface area (Å²) in [6.07, 6.45) is 3.83. The monoisotopic (exact) mass is 206 g/mol. The first-order valence-corrected chi connectivity index (χ1v) is 5.53. The van der Waals surface area contributed by atoms with E-state index in [4.69, 9.17) is 4.74 Å². The highest BCUT2D eigenvalue weighted by atomic mass is 32.1. The fraction of sp³-hybridized carbons (Fsp3) is 0.400. The van der Waals surface area contributed by atoms with Crippen LogP contribution in [0.4, 0.5) is 0 Å². The van der Waals surface area contributed by atoms with Crippen LogP contribution in [0.2, 0.25) is 0 Å². The molecule has 0 saturated heterocycles. The van der Waals surface area contributed by atoms with Gasteiger partial charge in [0.15, 0.2) is 5.06 Å². The summed E-state index contributed by atoms with van der Waals surface area (Å²) >= 11 is 1.64. The van der Waals surface area contributed by atoms with Crippen LogP contribution in [0.3, 0.4) is 0 Å². The van der Waals surface area contributed by atoms with E-state index >= 15 is 0 Å². The summed E-state index contributed by atoms with van der Waals surface area (Å²) < 4.78 is 5.61. The molecular weight excluding hydrogens is 196 g/mol. The van der Waals surface area contributed by atoms with Gasteiger partial charge in [0.1, 0.15) is 11.2 Å². The van der Waals surface area contributed by atoms with E-state index in [-0.39, 0.29) is 0 Å². The van der Waals surface area contributed by atoms with Crippen molar-refractivity contribution >= 4 is 21.6 Å². The highest BCUT2D eigenvalue weighted by Crippen LogP contribution is 2.40.